The van der Waals surface area contributed by atoms with Gasteiger partial charge in [0.1, 0.15) is 6.20 Å². The maximum atomic E-state index is 11.0. The highest BCUT2D eigenvalue weighted by Gasteiger charge is 2.24. The normalized spacial score (nSPS) is 11.2. The first-order chi connectivity index (χ1) is 9.11. The van der Waals surface area contributed by atoms with E-state index >= 15 is 0 Å². The van der Waals surface area contributed by atoms with E-state index < -0.39 is 9.85 Å². The Kier molecular flexibility index (Phi) is 4.56. The molecule has 0 amide bonds. The van der Waals surface area contributed by atoms with Crippen LogP contribution < -0.4 is 4.90 Å². The summed E-state index contributed by atoms with van der Waals surface area (Å²) in [4.78, 5) is 25.8. The van der Waals surface area contributed by atoms with Gasteiger partial charge in [-0.15, -0.1) is 0 Å². The number of hydrogen-bond donors (Lipinski definition) is 0. The number of likely N-dealkylation sites (N-methyl/N-ethyl adjacent to an activating group) is 2. The summed E-state index contributed by atoms with van der Waals surface area (Å²) >= 11 is 0. The second-order valence-electron chi connectivity index (χ2n) is 5.49. The van der Waals surface area contributed by atoms with Crippen LogP contribution in [-0.2, 0) is 0 Å². The van der Waals surface area contributed by atoms with Crippen LogP contribution in [-0.4, -0.2) is 60.6 Å². The monoisotopic (exact) mass is 284 g/mol. The molecule has 0 saturated heterocycles. The lowest BCUT2D eigenvalue weighted by Gasteiger charge is -2.27. The van der Waals surface area contributed by atoms with E-state index in [1.807, 2.05) is 21.1 Å². The first-order valence-corrected chi connectivity index (χ1v) is 5.92. The lowest BCUT2D eigenvalue weighted by atomic mass is 10.3. The van der Waals surface area contributed by atoms with Gasteiger partial charge < -0.3 is 9.38 Å². The quantitative estimate of drug-likeness (QED) is 0.439. The highest BCUT2D eigenvalue weighted by molar-refractivity contribution is 5.60. The highest BCUT2D eigenvalue weighted by atomic mass is 16.6. The predicted octanol–water partition coefficient (Wildman–Crippen LogP) is 1.04. The Hall–Kier alpha value is -2.29. The number of anilines is 1. The zero-order chi connectivity index (χ0) is 15.5. The van der Waals surface area contributed by atoms with Crippen molar-refractivity contribution in [2.75, 3.05) is 46.2 Å². The van der Waals surface area contributed by atoms with Gasteiger partial charge in [-0.1, -0.05) is 0 Å². The number of nitrogens with zero attached hydrogens (tertiary/aromatic N) is 5. The molecule has 0 radical (unpaired) electrons. The molecule has 0 N–H and O–H groups in total. The summed E-state index contributed by atoms with van der Waals surface area (Å²) in [5, 5.41) is 21.7. The van der Waals surface area contributed by atoms with Gasteiger partial charge in [-0.2, -0.15) is 0 Å². The summed E-state index contributed by atoms with van der Waals surface area (Å²) in [5.74, 6) is 0.133. The van der Waals surface area contributed by atoms with Crippen molar-refractivity contribution >= 4 is 17.2 Å². The van der Waals surface area contributed by atoms with E-state index in [0.717, 1.165) is 18.8 Å². The highest BCUT2D eigenvalue weighted by Crippen LogP contribution is 2.28. The van der Waals surface area contributed by atoms with Gasteiger partial charge in [0, 0.05) is 7.05 Å². The molecule has 0 saturated carbocycles. The molecule has 9 heteroatoms. The fraction of sp³-hybridized carbons (Fsp3) is 0.545. The first kappa shape index (κ1) is 15.8. The van der Waals surface area contributed by atoms with Gasteiger partial charge in [0.15, 0.2) is 0 Å². The van der Waals surface area contributed by atoms with E-state index in [1.54, 1.807) is 11.9 Å². The summed E-state index contributed by atoms with van der Waals surface area (Å²) in [5.41, 5.74) is -0.747. The molecular weight excluding hydrogens is 266 g/mol. The van der Waals surface area contributed by atoms with E-state index in [2.05, 4.69) is 4.98 Å². The van der Waals surface area contributed by atoms with Crippen molar-refractivity contribution in [3.63, 3.8) is 0 Å². The molecule has 0 aliphatic carbocycles. The largest absolute Gasteiger partial charge is 0.348 e. The topological polar surface area (TPSA) is 102 Å². The zero-order valence-electron chi connectivity index (χ0n) is 11.9. The van der Waals surface area contributed by atoms with E-state index in [9.17, 15) is 20.2 Å². The number of aromatic nitrogens is 1. The Morgan fingerprint density at radius 2 is 1.85 bits per heavy atom. The predicted molar refractivity (Wildman–Crippen MR) is 73.7 cm³/mol. The van der Waals surface area contributed by atoms with Crippen LogP contribution in [0.1, 0.15) is 0 Å². The Bertz CT molecular complexity index is 526. The first-order valence-electron chi connectivity index (χ1n) is 5.92. The molecule has 1 aromatic rings. The van der Waals surface area contributed by atoms with Crippen molar-refractivity contribution in [3.05, 3.63) is 32.5 Å². The third kappa shape index (κ3) is 4.12. The van der Waals surface area contributed by atoms with Crippen LogP contribution in [0.5, 0.6) is 0 Å². The molecule has 0 aliphatic heterocycles. The SMILES string of the molecule is CN(CC[N+](C)(C)C)c1ncc([N+](=O)[O-])cc1[N+](=O)[O-]. The summed E-state index contributed by atoms with van der Waals surface area (Å²) in [6, 6.07) is 0.935. The van der Waals surface area contributed by atoms with E-state index in [0.29, 0.717) is 11.0 Å². The van der Waals surface area contributed by atoms with Crippen molar-refractivity contribution < 1.29 is 14.3 Å². The molecule has 0 bridgehead atoms. The van der Waals surface area contributed by atoms with Crippen LogP contribution in [0, 0.1) is 20.2 Å². The molecule has 1 heterocycles. The van der Waals surface area contributed by atoms with Crippen LogP contribution in [0.3, 0.4) is 0 Å². The van der Waals surface area contributed by atoms with Gasteiger partial charge in [-0.3, -0.25) is 20.2 Å². The van der Waals surface area contributed by atoms with Crippen LogP contribution in [0.4, 0.5) is 17.2 Å². The van der Waals surface area contributed by atoms with Gasteiger partial charge in [-0.25, -0.2) is 4.98 Å². The molecule has 0 unspecified atom stereocenters. The standard InChI is InChI=1S/C11H18N5O4/c1-13(5-6-16(2,3)4)11-10(15(19)20)7-9(8-12-11)14(17)18/h7-8H,5-6H2,1-4H3/q+1. The minimum Gasteiger partial charge on any atom is -0.348 e. The van der Waals surface area contributed by atoms with Gasteiger partial charge in [0.25, 0.3) is 5.69 Å². The zero-order valence-corrected chi connectivity index (χ0v) is 11.9. The summed E-state index contributed by atoms with van der Waals surface area (Å²) in [6.45, 7) is 1.31. The summed E-state index contributed by atoms with van der Waals surface area (Å²) in [6.07, 6.45) is 1.03. The van der Waals surface area contributed by atoms with Crippen molar-refractivity contribution in [3.8, 4) is 0 Å². The third-order valence-corrected chi connectivity index (χ3v) is 2.71. The average Bonchev–Trinajstić information content (AvgIpc) is 2.34. The lowest BCUT2D eigenvalue weighted by Crippen LogP contribution is -2.41. The van der Waals surface area contributed by atoms with Crippen LogP contribution in [0.15, 0.2) is 12.3 Å². The fourth-order valence-corrected chi connectivity index (χ4v) is 1.52. The molecule has 1 rings (SSSR count). The smallest absolute Gasteiger partial charge is 0.318 e. The molecule has 1 aromatic heterocycles. The van der Waals surface area contributed by atoms with Crippen LogP contribution in [0.25, 0.3) is 0 Å². The van der Waals surface area contributed by atoms with E-state index in [1.165, 1.54) is 0 Å². The molecule has 0 aliphatic rings. The molecule has 0 spiro atoms. The molecule has 0 atom stereocenters. The Labute approximate surface area is 116 Å². The number of quaternary nitrogens is 1. The minimum atomic E-state index is -0.699. The number of hydrogen-bond acceptors (Lipinski definition) is 6. The van der Waals surface area contributed by atoms with E-state index in [-0.39, 0.29) is 17.2 Å². The van der Waals surface area contributed by atoms with Crippen molar-refractivity contribution in [2.24, 2.45) is 0 Å². The minimum absolute atomic E-state index is 0.133. The lowest BCUT2D eigenvalue weighted by molar-refractivity contribution is -0.868. The molecular formula is C11H18N5O4+. The molecule has 0 fully saturated rings. The molecule has 110 valence electrons. The Morgan fingerprint density at radius 1 is 1.25 bits per heavy atom. The summed E-state index contributed by atoms with van der Waals surface area (Å²) < 4.78 is 0.700. The number of rotatable bonds is 6. The van der Waals surface area contributed by atoms with Crippen molar-refractivity contribution in [2.45, 2.75) is 0 Å². The fourth-order valence-electron chi connectivity index (χ4n) is 1.52. The third-order valence-electron chi connectivity index (χ3n) is 2.71. The second-order valence-corrected chi connectivity index (χ2v) is 5.49. The molecule has 0 aromatic carbocycles. The maximum absolute atomic E-state index is 11.0. The average molecular weight is 284 g/mol. The Morgan fingerprint density at radius 3 is 2.30 bits per heavy atom. The van der Waals surface area contributed by atoms with Crippen molar-refractivity contribution in [1.29, 1.82) is 0 Å². The Balaban J connectivity index is 3.05. The molecule has 9 nitrogen and oxygen atoms in total. The number of pyridine rings is 1. The van der Waals surface area contributed by atoms with Crippen LogP contribution in [0.2, 0.25) is 0 Å². The van der Waals surface area contributed by atoms with Gasteiger partial charge in [0.2, 0.25) is 5.82 Å². The van der Waals surface area contributed by atoms with Crippen LogP contribution >= 0.6 is 0 Å². The second kappa shape index (κ2) is 5.78. The van der Waals surface area contributed by atoms with Gasteiger partial charge in [0.05, 0.1) is 50.1 Å². The number of nitro groups is 2. The van der Waals surface area contributed by atoms with E-state index in [4.69, 9.17) is 0 Å². The van der Waals surface area contributed by atoms with Crippen molar-refractivity contribution in [1.82, 2.24) is 4.98 Å². The van der Waals surface area contributed by atoms with Gasteiger partial charge in [-0.05, 0) is 0 Å². The van der Waals surface area contributed by atoms with Gasteiger partial charge >= 0.3 is 5.69 Å². The molecule has 20 heavy (non-hydrogen) atoms. The summed E-state index contributed by atoms with van der Waals surface area (Å²) in [7, 11) is 7.69. The maximum Gasteiger partial charge on any atom is 0.318 e.